The minimum absolute atomic E-state index is 0.0900. The molecule has 1 fully saturated rings. The summed E-state index contributed by atoms with van der Waals surface area (Å²) in [4.78, 5) is 13.6. The molecule has 1 aromatic carbocycles. The molecule has 0 saturated carbocycles. The summed E-state index contributed by atoms with van der Waals surface area (Å²) in [5.74, 6) is -0.0900. The second-order valence-corrected chi connectivity index (χ2v) is 4.28. The molecule has 0 aliphatic carbocycles. The number of hydrogen-bond donors (Lipinski definition) is 1. The highest BCUT2D eigenvalue weighted by atomic mass is 35.5. The zero-order chi connectivity index (χ0) is 12.3. The molecule has 17 heavy (non-hydrogen) atoms. The largest absolute Gasteiger partial charge is 0.357 e. The molecule has 1 amide bonds. The lowest BCUT2D eigenvalue weighted by atomic mass is 10.1. The minimum Gasteiger partial charge on any atom is -0.357 e. The van der Waals surface area contributed by atoms with Crippen molar-refractivity contribution in [1.29, 1.82) is 5.26 Å². The number of nitrogens with one attached hydrogen (secondary N) is 1. The van der Waals surface area contributed by atoms with Crippen molar-refractivity contribution in [2.75, 3.05) is 18.0 Å². The molecular formula is C12H12ClN3O. The fraction of sp³-hybridized carbons (Fsp3) is 0.333. The highest BCUT2D eigenvalue weighted by Crippen LogP contribution is 2.22. The van der Waals surface area contributed by atoms with Crippen LogP contribution in [0.5, 0.6) is 0 Å². The number of hydrogen-bond acceptors (Lipinski definition) is 3. The first-order valence-electron chi connectivity index (χ1n) is 5.39. The van der Waals surface area contributed by atoms with E-state index in [0.717, 1.165) is 5.69 Å². The van der Waals surface area contributed by atoms with E-state index in [4.69, 9.17) is 16.9 Å². The number of carbonyl (C=O) groups excluding carboxylic acids is 1. The zero-order valence-corrected chi connectivity index (χ0v) is 9.94. The fourth-order valence-corrected chi connectivity index (χ4v) is 2.07. The lowest BCUT2D eigenvalue weighted by Gasteiger charge is -2.35. The van der Waals surface area contributed by atoms with Gasteiger partial charge in [-0.1, -0.05) is 11.6 Å². The molecule has 1 N–H and O–H groups in total. The molecule has 0 aromatic heterocycles. The van der Waals surface area contributed by atoms with Gasteiger partial charge in [-0.25, -0.2) is 0 Å². The number of piperazine rings is 1. The molecule has 5 heteroatoms. The zero-order valence-electron chi connectivity index (χ0n) is 9.19. The van der Waals surface area contributed by atoms with Crippen LogP contribution in [-0.4, -0.2) is 25.0 Å². The average molecular weight is 250 g/mol. The van der Waals surface area contributed by atoms with Gasteiger partial charge in [0.05, 0.1) is 12.5 Å². The molecule has 1 heterocycles. The van der Waals surface area contributed by atoms with Gasteiger partial charge in [0.2, 0.25) is 5.91 Å². The van der Waals surface area contributed by atoms with Crippen molar-refractivity contribution in [3.63, 3.8) is 0 Å². The number of nitriles is 1. The molecule has 1 aliphatic rings. The molecule has 1 aromatic rings. The first-order valence-corrected chi connectivity index (χ1v) is 5.77. The van der Waals surface area contributed by atoms with E-state index in [0.29, 0.717) is 18.1 Å². The Balaban J connectivity index is 2.25. The Morgan fingerprint density at radius 2 is 2.18 bits per heavy atom. The van der Waals surface area contributed by atoms with E-state index in [1.165, 1.54) is 0 Å². The summed E-state index contributed by atoms with van der Waals surface area (Å²) in [6.07, 6.45) is 0.189. The molecular weight excluding hydrogens is 238 g/mol. The summed E-state index contributed by atoms with van der Waals surface area (Å²) in [7, 11) is 0. The lowest BCUT2D eigenvalue weighted by molar-refractivity contribution is -0.123. The fourth-order valence-electron chi connectivity index (χ4n) is 1.95. The third kappa shape index (κ3) is 2.51. The number of amides is 1. The molecule has 88 valence electrons. The van der Waals surface area contributed by atoms with Gasteiger partial charge in [0, 0.05) is 23.8 Å². The Bertz CT molecular complexity index is 452. The van der Waals surface area contributed by atoms with Crippen molar-refractivity contribution in [2.24, 2.45) is 0 Å². The van der Waals surface area contributed by atoms with E-state index in [9.17, 15) is 4.79 Å². The van der Waals surface area contributed by atoms with E-state index < -0.39 is 6.04 Å². The van der Waals surface area contributed by atoms with E-state index in [1.54, 1.807) is 12.1 Å². The number of rotatable bonds is 2. The molecule has 1 aliphatic heterocycles. The van der Waals surface area contributed by atoms with Gasteiger partial charge in [0.15, 0.2) is 0 Å². The van der Waals surface area contributed by atoms with Crippen molar-refractivity contribution in [3.05, 3.63) is 29.3 Å². The van der Waals surface area contributed by atoms with Gasteiger partial charge in [0.1, 0.15) is 6.04 Å². The third-order valence-corrected chi connectivity index (χ3v) is 3.03. The highest BCUT2D eigenvalue weighted by molar-refractivity contribution is 6.30. The van der Waals surface area contributed by atoms with E-state index in [2.05, 4.69) is 11.4 Å². The van der Waals surface area contributed by atoms with Crippen molar-refractivity contribution < 1.29 is 4.79 Å². The number of benzene rings is 1. The summed E-state index contributed by atoms with van der Waals surface area (Å²) in [5.41, 5.74) is 0.921. The first-order chi connectivity index (χ1) is 8.22. The monoisotopic (exact) mass is 249 g/mol. The maximum absolute atomic E-state index is 11.7. The Kier molecular flexibility index (Phi) is 3.50. The maximum atomic E-state index is 11.7. The summed E-state index contributed by atoms with van der Waals surface area (Å²) < 4.78 is 0. The molecule has 1 atom stereocenters. The minimum atomic E-state index is -0.407. The first kappa shape index (κ1) is 11.7. The van der Waals surface area contributed by atoms with Crippen molar-refractivity contribution in [2.45, 2.75) is 12.5 Å². The van der Waals surface area contributed by atoms with Crippen LogP contribution in [-0.2, 0) is 4.79 Å². The predicted octanol–water partition coefficient (Wildman–Crippen LogP) is 1.56. The molecule has 2 rings (SSSR count). The van der Waals surface area contributed by atoms with Crippen LogP contribution < -0.4 is 10.2 Å². The number of nitrogens with zero attached hydrogens (tertiary/aromatic N) is 2. The van der Waals surface area contributed by atoms with Crippen LogP contribution in [0.4, 0.5) is 5.69 Å². The van der Waals surface area contributed by atoms with Crippen LogP contribution in [0.2, 0.25) is 5.02 Å². The quantitative estimate of drug-likeness (QED) is 0.865. The van der Waals surface area contributed by atoms with Crippen LogP contribution >= 0.6 is 11.6 Å². The standard InChI is InChI=1S/C12H12ClN3O/c13-9-1-3-10(4-2-9)16-8-7-15-12(17)11(16)5-6-14/h1-4,11H,5,7-8H2,(H,15,17). The summed E-state index contributed by atoms with van der Waals surface area (Å²) >= 11 is 5.83. The molecule has 4 nitrogen and oxygen atoms in total. The Morgan fingerprint density at radius 1 is 1.47 bits per heavy atom. The van der Waals surface area contributed by atoms with Crippen molar-refractivity contribution >= 4 is 23.2 Å². The Morgan fingerprint density at radius 3 is 2.82 bits per heavy atom. The van der Waals surface area contributed by atoms with Crippen LogP contribution in [0.3, 0.4) is 0 Å². The smallest absolute Gasteiger partial charge is 0.243 e. The van der Waals surface area contributed by atoms with Gasteiger partial charge in [-0.05, 0) is 24.3 Å². The molecule has 1 unspecified atom stereocenters. The average Bonchev–Trinajstić information content (AvgIpc) is 2.33. The second-order valence-electron chi connectivity index (χ2n) is 3.84. The van der Waals surface area contributed by atoms with Crippen LogP contribution in [0.1, 0.15) is 6.42 Å². The van der Waals surface area contributed by atoms with E-state index in [-0.39, 0.29) is 12.3 Å². The maximum Gasteiger partial charge on any atom is 0.243 e. The SMILES string of the molecule is N#CCC1C(=O)NCCN1c1ccc(Cl)cc1. The summed E-state index contributed by atoms with van der Waals surface area (Å²) in [6.45, 7) is 1.31. The molecule has 1 saturated heterocycles. The van der Waals surface area contributed by atoms with Gasteiger partial charge in [-0.3, -0.25) is 4.79 Å². The Hall–Kier alpha value is -1.73. The highest BCUT2D eigenvalue weighted by Gasteiger charge is 2.29. The van der Waals surface area contributed by atoms with Crippen molar-refractivity contribution in [3.8, 4) is 6.07 Å². The molecule has 0 radical (unpaired) electrons. The second kappa shape index (κ2) is 5.07. The van der Waals surface area contributed by atoms with Gasteiger partial charge >= 0.3 is 0 Å². The summed E-state index contributed by atoms with van der Waals surface area (Å²) in [5, 5.41) is 12.2. The topological polar surface area (TPSA) is 56.1 Å². The summed E-state index contributed by atoms with van der Waals surface area (Å²) in [6, 6.07) is 8.94. The number of carbonyl (C=O) groups is 1. The van der Waals surface area contributed by atoms with Crippen LogP contribution in [0.25, 0.3) is 0 Å². The third-order valence-electron chi connectivity index (χ3n) is 2.77. The van der Waals surface area contributed by atoms with Gasteiger partial charge in [0.25, 0.3) is 0 Å². The predicted molar refractivity (Wildman–Crippen MR) is 65.8 cm³/mol. The Labute approximate surface area is 105 Å². The van der Waals surface area contributed by atoms with Gasteiger partial charge in [-0.2, -0.15) is 5.26 Å². The van der Waals surface area contributed by atoms with Crippen LogP contribution in [0, 0.1) is 11.3 Å². The lowest BCUT2D eigenvalue weighted by Crippen LogP contribution is -2.55. The number of halogens is 1. The van der Waals surface area contributed by atoms with Gasteiger partial charge < -0.3 is 10.2 Å². The van der Waals surface area contributed by atoms with E-state index in [1.807, 2.05) is 17.0 Å². The molecule has 0 bridgehead atoms. The van der Waals surface area contributed by atoms with Crippen molar-refractivity contribution in [1.82, 2.24) is 5.32 Å². The number of anilines is 1. The normalized spacial score (nSPS) is 19.6. The van der Waals surface area contributed by atoms with E-state index >= 15 is 0 Å². The molecule has 0 spiro atoms. The van der Waals surface area contributed by atoms with Crippen LogP contribution in [0.15, 0.2) is 24.3 Å². The van der Waals surface area contributed by atoms with Gasteiger partial charge in [-0.15, -0.1) is 0 Å².